The molecule has 0 aromatic carbocycles. The summed E-state index contributed by atoms with van der Waals surface area (Å²) in [6, 6.07) is -0.799. The lowest BCUT2D eigenvalue weighted by atomic mass is 10.0. The largest absolute Gasteiger partial charge is 0.756 e. The monoisotopic (exact) mass is 797 g/mol. The van der Waals surface area contributed by atoms with Crippen molar-refractivity contribution < 1.29 is 32.9 Å². The molecule has 1 amide bonds. The SMILES string of the molecule is CCCCCCC/C=C\C/C=C\C/C=C\CCCCCCCCCCCCC(=O)NC(COP(=O)([O-])OCC[N+](C)(C)C)C(O)CCCCCCCCCC. The van der Waals surface area contributed by atoms with Gasteiger partial charge in [-0.05, 0) is 51.4 Å². The second kappa shape index (κ2) is 38.2. The fourth-order valence-corrected chi connectivity index (χ4v) is 7.18. The predicted molar refractivity (Wildman–Crippen MR) is 233 cm³/mol. The van der Waals surface area contributed by atoms with Gasteiger partial charge in [0.15, 0.2) is 0 Å². The molecule has 0 aromatic heterocycles. The number of phosphoric acid groups is 1. The number of allylic oxidation sites excluding steroid dienone is 6. The van der Waals surface area contributed by atoms with Crippen LogP contribution < -0.4 is 10.2 Å². The van der Waals surface area contributed by atoms with Crippen LogP contribution in [0.3, 0.4) is 0 Å². The molecule has 3 unspecified atom stereocenters. The van der Waals surface area contributed by atoms with Crippen molar-refractivity contribution in [3.05, 3.63) is 36.5 Å². The van der Waals surface area contributed by atoms with Gasteiger partial charge in [0.1, 0.15) is 13.2 Å². The van der Waals surface area contributed by atoms with Crippen molar-refractivity contribution in [1.82, 2.24) is 5.32 Å². The lowest BCUT2D eigenvalue weighted by Gasteiger charge is -2.30. The minimum absolute atomic E-state index is 0.0104. The van der Waals surface area contributed by atoms with E-state index in [2.05, 4.69) is 55.6 Å². The maximum Gasteiger partial charge on any atom is 0.268 e. The lowest BCUT2D eigenvalue weighted by molar-refractivity contribution is -0.870. The molecule has 55 heavy (non-hydrogen) atoms. The molecular formula is C46H89N2O6P. The number of hydrogen-bond acceptors (Lipinski definition) is 6. The number of phosphoric ester groups is 1. The second-order valence-corrected chi connectivity index (χ2v) is 18.2. The van der Waals surface area contributed by atoms with Gasteiger partial charge in [0, 0.05) is 6.42 Å². The summed E-state index contributed by atoms with van der Waals surface area (Å²) < 4.78 is 23.2. The molecule has 2 N–H and O–H groups in total. The molecular weight excluding hydrogens is 707 g/mol. The molecule has 0 bridgehead atoms. The van der Waals surface area contributed by atoms with Crippen LogP contribution in [0.15, 0.2) is 36.5 Å². The molecule has 3 atom stereocenters. The molecule has 324 valence electrons. The van der Waals surface area contributed by atoms with Crippen LogP contribution in [0.1, 0.15) is 200 Å². The molecule has 0 saturated carbocycles. The number of nitrogens with one attached hydrogen (secondary N) is 1. The van der Waals surface area contributed by atoms with Crippen molar-refractivity contribution in [2.24, 2.45) is 0 Å². The number of unbranched alkanes of at least 4 members (excludes halogenated alkanes) is 22. The van der Waals surface area contributed by atoms with Crippen molar-refractivity contribution >= 4 is 13.7 Å². The van der Waals surface area contributed by atoms with Gasteiger partial charge < -0.3 is 28.8 Å². The number of aliphatic hydroxyl groups excluding tert-OH is 1. The minimum Gasteiger partial charge on any atom is -0.756 e. The van der Waals surface area contributed by atoms with Gasteiger partial charge in [-0.25, -0.2) is 0 Å². The fraction of sp³-hybridized carbons (Fsp3) is 0.848. The van der Waals surface area contributed by atoms with Gasteiger partial charge in [0.25, 0.3) is 7.82 Å². The third-order valence-electron chi connectivity index (χ3n) is 10.1. The van der Waals surface area contributed by atoms with E-state index < -0.39 is 20.0 Å². The fourth-order valence-electron chi connectivity index (χ4n) is 6.46. The van der Waals surface area contributed by atoms with E-state index >= 15 is 0 Å². The van der Waals surface area contributed by atoms with E-state index in [1.807, 2.05) is 21.1 Å². The molecule has 0 aliphatic carbocycles. The van der Waals surface area contributed by atoms with Gasteiger partial charge in [-0.2, -0.15) is 0 Å². The van der Waals surface area contributed by atoms with Crippen LogP contribution in [0.4, 0.5) is 0 Å². The average molecular weight is 797 g/mol. The van der Waals surface area contributed by atoms with Crippen molar-refractivity contribution in [3.8, 4) is 0 Å². The van der Waals surface area contributed by atoms with Crippen LogP contribution in [0.2, 0.25) is 0 Å². The first-order chi connectivity index (χ1) is 26.5. The van der Waals surface area contributed by atoms with Gasteiger partial charge in [-0.15, -0.1) is 0 Å². The lowest BCUT2D eigenvalue weighted by Crippen LogP contribution is -2.46. The van der Waals surface area contributed by atoms with Gasteiger partial charge in [0.2, 0.25) is 5.91 Å². The van der Waals surface area contributed by atoms with Gasteiger partial charge in [-0.1, -0.05) is 179 Å². The van der Waals surface area contributed by atoms with E-state index in [4.69, 9.17) is 9.05 Å². The Kier molecular flexibility index (Phi) is 37.4. The molecule has 0 heterocycles. The summed E-state index contributed by atoms with van der Waals surface area (Å²) in [4.78, 5) is 25.2. The Morgan fingerprint density at radius 2 is 1.05 bits per heavy atom. The van der Waals surface area contributed by atoms with Crippen molar-refractivity contribution in [2.75, 3.05) is 40.9 Å². The summed E-state index contributed by atoms with van der Waals surface area (Å²) in [6.45, 7) is 4.66. The number of aliphatic hydroxyl groups is 1. The first kappa shape index (κ1) is 53.7. The zero-order valence-corrected chi connectivity index (χ0v) is 37.5. The number of amides is 1. The molecule has 0 fully saturated rings. The van der Waals surface area contributed by atoms with Crippen molar-refractivity contribution in [2.45, 2.75) is 212 Å². The molecule has 0 saturated heterocycles. The van der Waals surface area contributed by atoms with Gasteiger partial charge in [-0.3, -0.25) is 9.36 Å². The maximum atomic E-state index is 12.8. The number of rotatable bonds is 41. The van der Waals surface area contributed by atoms with Crippen LogP contribution in [0, 0.1) is 0 Å². The Balaban J connectivity index is 4.14. The summed E-state index contributed by atoms with van der Waals surface area (Å²) in [5.41, 5.74) is 0. The zero-order valence-electron chi connectivity index (χ0n) is 36.6. The molecule has 0 aromatic rings. The Morgan fingerprint density at radius 3 is 1.53 bits per heavy atom. The topological polar surface area (TPSA) is 108 Å². The Labute approximate surface area is 340 Å². The van der Waals surface area contributed by atoms with Crippen LogP contribution in [-0.4, -0.2) is 68.5 Å². The summed E-state index contributed by atoms with van der Waals surface area (Å²) in [7, 11) is 1.30. The van der Waals surface area contributed by atoms with E-state index in [1.165, 1.54) is 122 Å². The standard InChI is InChI=1S/C46H89N2O6P/c1-6-8-10-12-14-16-17-18-19-20-21-22-23-24-25-26-27-28-29-30-31-32-34-36-38-40-46(50)47-44(43-54-55(51,52)53-42-41-48(3,4)5)45(49)39-37-35-33-15-13-11-9-7-2/h17-18,20-21,23-24,44-45,49H,6-16,19,22,25-43H2,1-5H3,(H-,47,50,51,52)/b18-17-,21-20-,24-23-. The number of likely N-dealkylation sites (N-methyl/N-ethyl adjacent to an activating group) is 1. The normalized spacial score (nSPS) is 14.7. The number of carbonyl (C=O) groups is 1. The average Bonchev–Trinajstić information content (AvgIpc) is 3.13. The molecule has 0 aliphatic rings. The first-order valence-electron chi connectivity index (χ1n) is 22.8. The van der Waals surface area contributed by atoms with Crippen molar-refractivity contribution in [3.63, 3.8) is 0 Å². The summed E-state index contributed by atoms with van der Waals surface area (Å²) in [6.07, 6.45) is 45.9. The van der Waals surface area contributed by atoms with Crippen LogP contribution in [0.25, 0.3) is 0 Å². The number of nitrogens with zero attached hydrogens (tertiary/aromatic N) is 1. The second-order valence-electron chi connectivity index (χ2n) is 16.8. The highest BCUT2D eigenvalue weighted by molar-refractivity contribution is 7.45. The Bertz CT molecular complexity index is 995. The van der Waals surface area contributed by atoms with E-state index in [9.17, 15) is 19.4 Å². The van der Waals surface area contributed by atoms with E-state index in [0.717, 1.165) is 51.4 Å². The van der Waals surface area contributed by atoms with Crippen LogP contribution >= 0.6 is 7.82 Å². The summed E-state index contributed by atoms with van der Waals surface area (Å²) in [5, 5.41) is 13.8. The maximum absolute atomic E-state index is 12.8. The minimum atomic E-state index is -4.56. The molecule has 0 rings (SSSR count). The first-order valence-corrected chi connectivity index (χ1v) is 24.3. The highest BCUT2D eigenvalue weighted by Gasteiger charge is 2.24. The highest BCUT2D eigenvalue weighted by Crippen LogP contribution is 2.38. The smallest absolute Gasteiger partial charge is 0.268 e. The molecule has 0 spiro atoms. The summed E-state index contributed by atoms with van der Waals surface area (Å²) in [5.74, 6) is -0.173. The van der Waals surface area contributed by atoms with Gasteiger partial charge >= 0.3 is 0 Å². The van der Waals surface area contributed by atoms with Gasteiger partial charge in [0.05, 0.1) is 39.9 Å². The van der Waals surface area contributed by atoms with Crippen LogP contribution in [-0.2, 0) is 18.4 Å². The number of quaternary nitrogens is 1. The molecule has 9 heteroatoms. The molecule has 0 aliphatic heterocycles. The van der Waals surface area contributed by atoms with Crippen LogP contribution in [0.5, 0.6) is 0 Å². The number of carbonyl (C=O) groups excluding carboxylic acids is 1. The predicted octanol–water partition coefficient (Wildman–Crippen LogP) is 12.1. The zero-order chi connectivity index (χ0) is 40.7. The van der Waals surface area contributed by atoms with Crippen molar-refractivity contribution in [1.29, 1.82) is 0 Å². The highest BCUT2D eigenvalue weighted by atomic mass is 31.2. The Morgan fingerprint density at radius 1 is 0.636 bits per heavy atom. The van der Waals surface area contributed by atoms with E-state index in [0.29, 0.717) is 23.9 Å². The number of hydrogen-bond donors (Lipinski definition) is 2. The molecule has 8 nitrogen and oxygen atoms in total. The third kappa shape index (κ3) is 40.7. The van der Waals surface area contributed by atoms with E-state index in [1.54, 1.807) is 0 Å². The Hall–Kier alpha value is -1.28. The van der Waals surface area contributed by atoms with E-state index in [-0.39, 0.29) is 19.1 Å². The summed E-state index contributed by atoms with van der Waals surface area (Å²) >= 11 is 0. The molecule has 0 radical (unpaired) electrons. The third-order valence-corrected chi connectivity index (χ3v) is 11.1. The quantitative estimate of drug-likeness (QED) is 0.0276.